The SMILES string of the molecule is O=C(COC(=O)c1ccc(S(=O)(=O)N2CCc3ccccc3C2)cc1)Nc1ccc(Cl)cn1. The Morgan fingerprint density at radius 3 is 2.45 bits per heavy atom. The summed E-state index contributed by atoms with van der Waals surface area (Å²) in [7, 11) is -3.71. The zero-order chi connectivity index (χ0) is 23.4. The maximum Gasteiger partial charge on any atom is 0.338 e. The van der Waals surface area contributed by atoms with Gasteiger partial charge in [0, 0.05) is 19.3 Å². The van der Waals surface area contributed by atoms with E-state index in [0.717, 1.165) is 11.1 Å². The first kappa shape index (κ1) is 22.9. The van der Waals surface area contributed by atoms with E-state index in [1.54, 1.807) is 6.07 Å². The Kier molecular flexibility index (Phi) is 6.73. The number of amides is 1. The number of nitrogens with zero attached hydrogens (tertiary/aromatic N) is 2. The van der Waals surface area contributed by atoms with E-state index in [9.17, 15) is 18.0 Å². The van der Waals surface area contributed by atoms with E-state index in [2.05, 4.69) is 10.3 Å². The van der Waals surface area contributed by atoms with E-state index in [1.165, 1.54) is 40.8 Å². The van der Waals surface area contributed by atoms with Gasteiger partial charge in [0.05, 0.1) is 15.5 Å². The van der Waals surface area contributed by atoms with Crippen molar-refractivity contribution >= 4 is 39.3 Å². The van der Waals surface area contributed by atoms with E-state index in [1.807, 2.05) is 24.3 Å². The second-order valence-corrected chi connectivity index (χ2v) is 9.74. The molecule has 0 atom stereocenters. The summed E-state index contributed by atoms with van der Waals surface area (Å²) in [5, 5.41) is 2.90. The molecule has 0 fully saturated rings. The normalized spacial score (nSPS) is 13.7. The number of fused-ring (bicyclic) bond motifs is 1. The van der Waals surface area contributed by atoms with Crippen LogP contribution in [0.15, 0.2) is 71.8 Å². The van der Waals surface area contributed by atoms with Crippen LogP contribution in [0.5, 0.6) is 0 Å². The molecule has 2 aromatic carbocycles. The standard InChI is InChI=1S/C23H20ClN3O5S/c24-19-7-10-21(25-13-19)26-22(28)15-32-23(29)17-5-8-20(9-6-17)33(30,31)27-12-11-16-3-1-2-4-18(16)14-27/h1-10,13H,11-12,14-15H2,(H,25,26,28). The number of sulfonamides is 1. The van der Waals surface area contributed by atoms with Crippen molar-refractivity contribution in [1.29, 1.82) is 0 Å². The van der Waals surface area contributed by atoms with Crippen LogP contribution in [0, 0.1) is 0 Å². The average molecular weight is 486 g/mol. The zero-order valence-corrected chi connectivity index (χ0v) is 19.0. The van der Waals surface area contributed by atoms with Crippen LogP contribution in [0.2, 0.25) is 5.02 Å². The summed E-state index contributed by atoms with van der Waals surface area (Å²) in [6.45, 7) is 0.178. The zero-order valence-electron chi connectivity index (χ0n) is 17.4. The minimum atomic E-state index is -3.71. The molecule has 1 N–H and O–H groups in total. The lowest BCUT2D eigenvalue weighted by molar-refractivity contribution is -0.119. The van der Waals surface area contributed by atoms with Gasteiger partial charge in [0.25, 0.3) is 5.91 Å². The van der Waals surface area contributed by atoms with Gasteiger partial charge in [-0.25, -0.2) is 18.2 Å². The monoisotopic (exact) mass is 485 g/mol. The Labute approximate surface area is 196 Å². The van der Waals surface area contributed by atoms with Crippen LogP contribution in [0.1, 0.15) is 21.5 Å². The quantitative estimate of drug-likeness (QED) is 0.537. The lowest BCUT2D eigenvalue weighted by Crippen LogP contribution is -2.35. The van der Waals surface area contributed by atoms with Gasteiger partial charge in [-0.3, -0.25) is 4.79 Å². The second-order valence-electron chi connectivity index (χ2n) is 7.37. The fourth-order valence-corrected chi connectivity index (χ4v) is 4.96. The molecule has 1 aromatic heterocycles. The van der Waals surface area contributed by atoms with E-state index in [-0.39, 0.29) is 16.3 Å². The van der Waals surface area contributed by atoms with Crippen LogP contribution in [-0.4, -0.2) is 42.7 Å². The van der Waals surface area contributed by atoms with Gasteiger partial charge in [0.2, 0.25) is 10.0 Å². The highest BCUT2D eigenvalue weighted by Crippen LogP contribution is 2.25. The summed E-state index contributed by atoms with van der Waals surface area (Å²) < 4.78 is 32.5. The molecule has 170 valence electrons. The van der Waals surface area contributed by atoms with Gasteiger partial charge in [-0.2, -0.15) is 4.31 Å². The molecule has 1 aliphatic heterocycles. The molecular weight excluding hydrogens is 466 g/mol. The summed E-state index contributed by atoms with van der Waals surface area (Å²) in [5.74, 6) is -1.04. The Hall–Kier alpha value is -3.27. The molecule has 4 rings (SSSR count). The second kappa shape index (κ2) is 9.70. The van der Waals surface area contributed by atoms with Crippen molar-refractivity contribution in [3.63, 3.8) is 0 Å². The molecule has 0 unspecified atom stereocenters. The molecule has 0 spiro atoms. The minimum Gasteiger partial charge on any atom is -0.452 e. The van der Waals surface area contributed by atoms with Crippen LogP contribution in [0.3, 0.4) is 0 Å². The van der Waals surface area contributed by atoms with Crippen molar-refractivity contribution in [3.05, 3.63) is 88.6 Å². The van der Waals surface area contributed by atoms with Crippen LogP contribution >= 0.6 is 11.6 Å². The average Bonchev–Trinajstić information content (AvgIpc) is 2.83. The first-order valence-electron chi connectivity index (χ1n) is 10.1. The molecule has 1 amide bonds. The van der Waals surface area contributed by atoms with E-state index in [4.69, 9.17) is 16.3 Å². The van der Waals surface area contributed by atoms with Crippen molar-refractivity contribution in [3.8, 4) is 0 Å². The largest absolute Gasteiger partial charge is 0.452 e. The number of hydrogen-bond acceptors (Lipinski definition) is 6. The maximum atomic E-state index is 13.0. The Balaban J connectivity index is 1.36. The highest BCUT2D eigenvalue weighted by molar-refractivity contribution is 7.89. The van der Waals surface area contributed by atoms with E-state index >= 15 is 0 Å². The van der Waals surface area contributed by atoms with Crippen LogP contribution in [0.4, 0.5) is 5.82 Å². The number of pyridine rings is 1. The molecule has 33 heavy (non-hydrogen) atoms. The minimum absolute atomic E-state index is 0.0880. The first-order valence-corrected chi connectivity index (χ1v) is 11.9. The number of anilines is 1. The number of carbonyl (C=O) groups is 2. The number of carbonyl (C=O) groups excluding carboxylic acids is 2. The van der Waals surface area contributed by atoms with E-state index < -0.39 is 28.5 Å². The number of ether oxygens (including phenoxy) is 1. The summed E-state index contributed by atoms with van der Waals surface area (Å²) in [6, 6.07) is 16.3. The van der Waals surface area contributed by atoms with Crippen molar-refractivity contribution in [1.82, 2.24) is 9.29 Å². The molecule has 0 radical (unpaired) electrons. The Morgan fingerprint density at radius 1 is 1.03 bits per heavy atom. The van der Waals surface area contributed by atoms with Crippen molar-refractivity contribution in [2.24, 2.45) is 0 Å². The predicted octanol–water partition coefficient (Wildman–Crippen LogP) is 3.28. The highest BCUT2D eigenvalue weighted by atomic mass is 35.5. The number of nitrogens with one attached hydrogen (secondary N) is 1. The molecule has 2 heterocycles. The molecular formula is C23H20ClN3O5S. The molecule has 0 aliphatic carbocycles. The molecule has 1 aliphatic rings. The van der Waals surface area contributed by atoms with E-state index in [0.29, 0.717) is 24.5 Å². The lowest BCUT2D eigenvalue weighted by atomic mass is 10.0. The predicted molar refractivity (Wildman–Crippen MR) is 122 cm³/mol. The number of hydrogen-bond donors (Lipinski definition) is 1. The van der Waals surface area contributed by atoms with Crippen molar-refractivity contribution < 1.29 is 22.7 Å². The molecule has 10 heteroatoms. The summed E-state index contributed by atoms with van der Waals surface area (Å²) in [6.07, 6.45) is 2.02. The fourth-order valence-electron chi connectivity index (χ4n) is 3.43. The highest BCUT2D eigenvalue weighted by Gasteiger charge is 2.28. The van der Waals surface area contributed by atoms with Gasteiger partial charge in [0.15, 0.2) is 6.61 Å². The number of benzene rings is 2. The van der Waals surface area contributed by atoms with Gasteiger partial charge < -0.3 is 10.1 Å². The van der Waals surface area contributed by atoms with Gasteiger partial charge >= 0.3 is 5.97 Å². The number of halogens is 1. The number of aromatic nitrogens is 1. The fraction of sp³-hybridized carbons (Fsp3) is 0.174. The third-order valence-electron chi connectivity index (χ3n) is 5.15. The first-order chi connectivity index (χ1) is 15.8. The Bertz CT molecular complexity index is 1280. The number of esters is 1. The molecule has 0 bridgehead atoms. The smallest absolute Gasteiger partial charge is 0.338 e. The number of rotatable bonds is 6. The molecule has 0 saturated heterocycles. The summed E-state index contributed by atoms with van der Waals surface area (Å²) in [4.78, 5) is 28.2. The topological polar surface area (TPSA) is 106 Å². The van der Waals surface area contributed by atoms with Gasteiger partial charge in [-0.15, -0.1) is 0 Å². The third kappa shape index (κ3) is 5.39. The van der Waals surface area contributed by atoms with Gasteiger partial charge in [-0.1, -0.05) is 35.9 Å². The van der Waals surface area contributed by atoms with Crippen molar-refractivity contribution in [2.75, 3.05) is 18.5 Å². The summed E-state index contributed by atoms with van der Waals surface area (Å²) in [5.41, 5.74) is 2.27. The van der Waals surface area contributed by atoms with Gasteiger partial charge in [0.1, 0.15) is 5.82 Å². The summed E-state index contributed by atoms with van der Waals surface area (Å²) >= 11 is 5.74. The molecule has 3 aromatic rings. The van der Waals surface area contributed by atoms with Crippen molar-refractivity contribution in [2.45, 2.75) is 17.9 Å². The molecule has 0 saturated carbocycles. The molecule has 8 nitrogen and oxygen atoms in total. The van der Waals surface area contributed by atoms with Crippen LogP contribution in [-0.2, 0) is 32.5 Å². The van der Waals surface area contributed by atoms with Crippen LogP contribution < -0.4 is 5.32 Å². The lowest BCUT2D eigenvalue weighted by Gasteiger charge is -2.28. The third-order valence-corrected chi connectivity index (χ3v) is 7.24. The van der Waals surface area contributed by atoms with Crippen LogP contribution in [0.25, 0.3) is 0 Å². The van der Waals surface area contributed by atoms with Gasteiger partial charge in [-0.05, 0) is 53.9 Å². The Morgan fingerprint density at radius 2 is 1.76 bits per heavy atom. The maximum absolute atomic E-state index is 13.0.